The standard InChI is InChI=1S/C17H25N3O3/c1-9(13-10(2)20-23-11(13)3)15-18-19-16(22-15)12-7-8-21-14(12)17(4,5)6/h9,12,14H,7-8H2,1-6H3/t9-,12-,14-/m0/s1. The van der Waals surface area contributed by atoms with Crippen molar-refractivity contribution >= 4 is 0 Å². The Bertz CT molecular complexity index is 664. The highest BCUT2D eigenvalue weighted by molar-refractivity contribution is 5.29. The second kappa shape index (κ2) is 5.74. The Hall–Kier alpha value is -1.69. The van der Waals surface area contributed by atoms with Crippen LogP contribution in [-0.4, -0.2) is 28.1 Å². The van der Waals surface area contributed by atoms with Gasteiger partial charge in [0.2, 0.25) is 11.8 Å². The molecular weight excluding hydrogens is 294 g/mol. The molecule has 0 unspecified atom stereocenters. The third-order valence-electron chi connectivity index (χ3n) is 4.61. The van der Waals surface area contributed by atoms with Gasteiger partial charge in [-0.2, -0.15) is 0 Å². The van der Waals surface area contributed by atoms with Crippen molar-refractivity contribution in [1.29, 1.82) is 0 Å². The first-order valence-corrected chi connectivity index (χ1v) is 8.16. The first-order chi connectivity index (χ1) is 10.8. The van der Waals surface area contributed by atoms with Crippen molar-refractivity contribution in [2.45, 2.75) is 65.9 Å². The molecule has 0 amide bonds. The largest absolute Gasteiger partial charge is 0.424 e. The minimum atomic E-state index is -0.0297. The molecule has 1 aliphatic heterocycles. The predicted octanol–water partition coefficient (Wildman–Crippen LogP) is 3.74. The van der Waals surface area contributed by atoms with Gasteiger partial charge in [-0.05, 0) is 32.6 Å². The van der Waals surface area contributed by atoms with Crippen LogP contribution in [0.15, 0.2) is 8.94 Å². The van der Waals surface area contributed by atoms with Gasteiger partial charge >= 0.3 is 0 Å². The van der Waals surface area contributed by atoms with E-state index in [4.69, 9.17) is 13.7 Å². The zero-order valence-electron chi connectivity index (χ0n) is 14.7. The maximum Gasteiger partial charge on any atom is 0.223 e. The zero-order chi connectivity index (χ0) is 16.8. The van der Waals surface area contributed by atoms with E-state index in [9.17, 15) is 0 Å². The summed E-state index contributed by atoms with van der Waals surface area (Å²) in [4.78, 5) is 0. The van der Waals surface area contributed by atoms with E-state index in [1.165, 1.54) is 0 Å². The normalized spacial score (nSPS) is 23.4. The van der Waals surface area contributed by atoms with Crippen LogP contribution in [0.3, 0.4) is 0 Å². The summed E-state index contributed by atoms with van der Waals surface area (Å²) < 4.78 is 17.2. The van der Waals surface area contributed by atoms with Gasteiger partial charge in [0.05, 0.1) is 23.6 Å². The van der Waals surface area contributed by atoms with E-state index in [1.54, 1.807) is 0 Å². The average molecular weight is 319 g/mol. The molecule has 0 aliphatic carbocycles. The topological polar surface area (TPSA) is 74.2 Å². The van der Waals surface area contributed by atoms with Gasteiger partial charge in [0.15, 0.2) is 0 Å². The third-order valence-corrected chi connectivity index (χ3v) is 4.61. The molecule has 126 valence electrons. The lowest BCUT2D eigenvalue weighted by molar-refractivity contribution is 0.0170. The Morgan fingerprint density at radius 3 is 2.52 bits per heavy atom. The van der Waals surface area contributed by atoms with Gasteiger partial charge in [-0.1, -0.05) is 25.9 Å². The quantitative estimate of drug-likeness (QED) is 0.858. The Labute approximate surface area is 136 Å². The number of hydrogen-bond acceptors (Lipinski definition) is 6. The molecule has 3 heterocycles. The smallest absolute Gasteiger partial charge is 0.223 e. The molecule has 2 aromatic heterocycles. The molecular formula is C17H25N3O3. The Morgan fingerprint density at radius 1 is 1.17 bits per heavy atom. The molecule has 1 aliphatic rings. The molecule has 23 heavy (non-hydrogen) atoms. The lowest BCUT2D eigenvalue weighted by Crippen LogP contribution is -2.30. The summed E-state index contributed by atoms with van der Waals surface area (Å²) in [6, 6.07) is 0. The summed E-state index contributed by atoms with van der Waals surface area (Å²) in [5.74, 6) is 2.21. The molecule has 0 spiro atoms. The van der Waals surface area contributed by atoms with Crippen molar-refractivity contribution in [2.24, 2.45) is 5.41 Å². The van der Waals surface area contributed by atoms with Crippen molar-refractivity contribution in [2.75, 3.05) is 6.61 Å². The van der Waals surface area contributed by atoms with Crippen LogP contribution in [0.4, 0.5) is 0 Å². The third kappa shape index (κ3) is 2.92. The number of aryl methyl sites for hydroxylation is 2. The van der Waals surface area contributed by atoms with E-state index < -0.39 is 0 Å². The molecule has 6 nitrogen and oxygen atoms in total. The van der Waals surface area contributed by atoms with Crippen LogP contribution in [0.25, 0.3) is 0 Å². The molecule has 0 N–H and O–H groups in total. The summed E-state index contributed by atoms with van der Waals surface area (Å²) in [5, 5.41) is 12.6. The van der Waals surface area contributed by atoms with Crippen molar-refractivity contribution in [1.82, 2.24) is 15.4 Å². The molecule has 0 bridgehead atoms. The number of nitrogens with zero attached hydrogens (tertiary/aromatic N) is 3. The summed E-state index contributed by atoms with van der Waals surface area (Å²) in [6.45, 7) is 13.2. The van der Waals surface area contributed by atoms with E-state index in [1.807, 2.05) is 20.8 Å². The molecule has 6 heteroatoms. The number of hydrogen-bond donors (Lipinski definition) is 0. The summed E-state index contributed by atoms with van der Waals surface area (Å²) >= 11 is 0. The SMILES string of the molecule is Cc1noc(C)c1[C@H](C)c1nnc([C@H]2CCO[C@@H]2C(C)(C)C)o1. The molecule has 1 fully saturated rings. The van der Waals surface area contributed by atoms with E-state index in [0.29, 0.717) is 11.8 Å². The Kier molecular flexibility index (Phi) is 4.04. The highest BCUT2D eigenvalue weighted by Gasteiger charge is 2.41. The Balaban J connectivity index is 1.86. The summed E-state index contributed by atoms with van der Waals surface area (Å²) in [7, 11) is 0. The van der Waals surface area contributed by atoms with Crippen LogP contribution >= 0.6 is 0 Å². The van der Waals surface area contributed by atoms with Gasteiger partial charge in [-0.3, -0.25) is 0 Å². The van der Waals surface area contributed by atoms with Crippen LogP contribution in [0, 0.1) is 19.3 Å². The van der Waals surface area contributed by atoms with E-state index in [2.05, 4.69) is 36.1 Å². The number of ether oxygens (including phenoxy) is 1. The van der Waals surface area contributed by atoms with E-state index in [0.717, 1.165) is 30.0 Å². The molecule has 0 saturated carbocycles. The van der Waals surface area contributed by atoms with E-state index >= 15 is 0 Å². The number of aromatic nitrogens is 3. The fraction of sp³-hybridized carbons (Fsp3) is 0.706. The van der Waals surface area contributed by atoms with Crippen LogP contribution in [0.2, 0.25) is 0 Å². The van der Waals surface area contributed by atoms with Crippen molar-refractivity contribution in [3.8, 4) is 0 Å². The van der Waals surface area contributed by atoms with Gasteiger partial charge < -0.3 is 13.7 Å². The fourth-order valence-corrected chi connectivity index (χ4v) is 3.50. The minimum absolute atomic E-state index is 0.0297. The monoisotopic (exact) mass is 319 g/mol. The fourth-order valence-electron chi connectivity index (χ4n) is 3.50. The van der Waals surface area contributed by atoms with Crippen LogP contribution in [-0.2, 0) is 4.74 Å². The zero-order valence-corrected chi connectivity index (χ0v) is 14.7. The van der Waals surface area contributed by atoms with Crippen molar-refractivity contribution in [3.63, 3.8) is 0 Å². The lowest BCUT2D eigenvalue weighted by Gasteiger charge is -2.29. The average Bonchev–Trinajstić information content (AvgIpc) is 3.16. The maximum atomic E-state index is 6.02. The first kappa shape index (κ1) is 16.2. The van der Waals surface area contributed by atoms with Gasteiger partial charge in [0.25, 0.3) is 0 Å². The molecule has 3 atom stereocenters. The Morgan fingerprint density at radius 2 is 1.91 bits per heavy atom. The van der Waals surface area contributed by atoms with Gasteiger partial charge in [0, 0.05) is 12.2 Å². The highest BCUT2D eigenvalue weighted by atomic mass is 16.5. The molecule has 0 aromatic carbocycles. The second-order valence-corrected chi connectivity index (χ2v) is 7.49. The maximum absolute atomic E-state index is 6.02. The number of rotatable bonds is 3. The molecule has 0 radical (unpaired) electrons. The van der Waals surface area contributed by atoms with Gasteiger partial charge in [0.1, 0.15) is 5.76 Å². The van der Waals surface area contributed by atoms with Crippen LogP contribution < -0.4 is 0 Å². The van der Waals surface area contributed by atoms with E-state index in [-0.39, 0.29) is 23.4 Å². The highest BCUT2D eigenvalue weighted by Crippen LogP contribution is 2.41. The lowest BCUT2D eigenvalue weighted by atomic mass is 9.81. The molecule has 1 saturated heterocycles. The van der Waals surface area contributed by atoms with Gasteiger partial charge in [-0.15, -0.1) is 10.2 Å². The molecule has 3 rings (SSSR count). The van der Waals surface area contributed by atoms with Crippen molar-refractivity contribution < 1.29 is 13.7 Å². The second-order valence-electron chi connectivity index (χ2n) is 7.49. The van der Waals surface area contributed by atoms with Crippen LogP contribution in [0.1, 0.15) is 74.8 Å². The van der Waals surface area contributed by atoms with Crippen molar-refractivity contribution in [3.05, 3.63) is 28.8 Å². The molecule has 2 aromatic rings. The summed E-state index contributed by atoms with van der Waals surface area (Å²) in [5.41, 5.74) is 1.94. The van der Waals surface area contributed by atoms with Crippen LogP contribution in [0.5, 0.6) is 0 Å². The van der Waals surface area contributed by atoms with Gasteiger partial charge in [-0.25, -0.2) is 0 Å². The summed E-state index contributed by atoms with van der Waals surface area (Å²) in [6.07, 6.45) is 1.02. The first-order valence-electron chi connectivity index (χ1n) is 8.16. The minimum Gasteiger partial charge on any atom is -0.424 e. The predicted molar refractivity (Wildman–Crippen MR) is 84.3 cm³/mol.